The first kappa shape index (κ1) is 13.1. The number of fused-ring (bicyclic) bond motifs is 1. The third-order valence-electron chi connectivity index (χ3n) is 4.03. The molecule has 18 heavy (non-hydrogen) atoms. The van der Waals surface area contributed by atoms with Crippen LogP contribution in [0.5, 0.6) is 0 Å². The van der Waals surface area contributed by atoms with Gasteiger partial charge in [-0.3, -0.25) is 4.79 Å². The Hall–Kier alpha value is -1.36. The van der Waals surface area contributed by atoms with Crippen molar-refractivity contribution < 1.29 is 14.7 Å². The van der Waals surface area contributed by atoms with Crippen LogP contribution in [0.3, 0.4) is 0 Å². The number of hydrogen-bond donors (Lipinski definition) is 2. The maximum atomic E-state index is 12.0. The van der Waals surface area contributed by atoms with Gasteiger partial charge in [0.05, 0.1) is 6.54 Å². The van der Waals surface area contributed by atoms with Gasteiger partial charge in [0.2, 0.25) is 5.91 Å². The molecule has 5 nitrogen and oxygen atoms in total. The summed E-state index contributed by atoms with van der Waals surface area (Å²) in [5.41, 5.74) is 0. The molecule has 100 valence electrons. The zero-order valence-electron chi connectivity index (χ0n) is 10.5. The zero-order valence-corrected chi connectivity index (χ0v) is 10.5. The molecule has 0 radical (unpaired) electrons. The van der Waals surface area contributed by atoms with E-state index in [2.05, 4.69) is 11.9 Å². The lowest BCUT2D eigenvalue weighted by Crippen LogP contribution is -2.46. The first-order valence-corrected chi connectivity index (χ1v) is 6.49. The van der Waals surface area contributed by atoms with E-state index in [0.717, 1.165) is 19.3 Å². The summed E-state index contributed by atoms with van der Waals surface area (Å²) in [6.07, 6.45) is 4.76. The molecule has 0 aromatic rings. The second-order valence-electron chi connectivity index (χ2n) is 5.10. The number of hydrogen-bond acceptors (Lipinski definition) is 3. The summed E-state index contributed by atoms with van der Waals surface area (Å²) >= 11 is 0. The Bertz CT molecular complexity index is 356. The number of aliphatic carboxylic acids is 1. The van der Waals surface area contributed by atoms with Crippen molar-refractivity contribution in [3.63, 3.8) is 0 Å². The van der Waals surface area contributed by atoms with Gasteiger partial charge in [0.1, 0.15) is 6.04 Å². The molecule has 2 fully saturated rings. The van der Waals surface area contributed by atoms with Gasteiger partial charge in [0.25, 0.3) is 0 Å². The maximum absolute atomic E-state index is 12.0. The fraction of sp³-hybridized carbons (Fsp3) is 0.692. The van der Waals surface area contributed by atoms with Crippen molar-refractivity contribution in [3.05, 3.63) is 12.7 Å². The van der Waals surface area contributed by atoms with E-state index in [-0.39, 0.29) is 18.4 Å². The van der Waals surface area contributed by atoms with Gasteiger partial charge < -0.3 is 15.3 Å². The lowest BCUT2D eigenvalue weighted by atomic mass is 9.94. The van der Waals surface area contributed by atoms with E-state index in [4.69, 9.17) is 0 Å². The molecule has 5 heteroatoms. The molecule has 1 aliphatic heterocycles. The van der Waals surface area contributed by atoms with Crippen molar-refractivity contribution in [1.29, 1.82) is 0 Å². The third-order valence-corrected chi connectivity index (χ3v) is 4.03. The molecule has 2 N–H and O–H groups in total. The molecular formula is C13H20N2O3. The van der Waals surface area contributed by atoms with E-state index in [1.54, 1.807) is 11.0 Å². The molecule has 2 rings (SSSR count). The van der Waals surface area contributed by atoms with Crippen molar-refractivity contribution >= 4 is 11.9 Å². The molecule has 0 spiro atoms. The summed E-state index contributed by atoms with van der Waals surface area (Å²) in [6, 6.07) is -0.615. The maximum Gasteiger partial charge on any atom is 0.326 e. The normalized spacial score (nSPS) is 30.2. The van der Waals surface area contributed by atoms with Crippen LogP contribution in [0.4, 0.5) is 0 Å². The van der Waals surface area contributed by atoms with Crippen molar-refractivity contribution in [2.24, 2.45) is 11.8 Å². The van der Waals surface area contributed by atoms with Gasteiger partial charge in [-0.05, 0) is 24.7 Å². The quantitative estimate of drug-likeness (QED) is 0.551. The summed E-state index contributed by atoms with van der Waals surface area (Å²) in [7, 11) is 0. The molecule has 2 aliphatic rings. The van der Waals surface area contributed by atoms with E-state index >= 15 is 0 Å². The molecule has 1 amide bonds. The number of nitrogens with zero attached hydrogens (tertiary/aromatic N) is 1. The Morgan fingerprint density at radius 1 is 1.44 bits per heavy atom. The number of rotatable bonds is 5. The summed E-state index contributed by atoms with van der Waals surface area (Å²) in [5, 5.41) is 12.3. The number of likely N-dealkylation sites (tertiary alicyclic amines) is 1. The summed E-state index contributed by atoms with van der Waals surface area (Å²) < 4.78 is 0. The topological polar surface area (TPSA) is 69.6 Å². The Labute approximate surface area is 107 Å². The smallest absolute Gasteiger partial charge is 0.326 e. The molecule has 3 unspecified atom stereocenters. The predicted octanol–water partition coefficient (Wildman–Crippen LogP) is 0.474. The Kier molecular flexibility index (Phi) is 4.01. The number of amides is 1. The van der Waals surface area contributed by atoms with Crippen LogP contribution in [-0.2, 0) is 9.59 Å². The van der Waals surface area contributed by atoms with Crippen LogP contribution in [0.25, 0.3) is 0 Å². The molecule has 1 saturated carbocycles. The molecule has 0 aromatic heterocycles. The number of carboxylic acids is 1. The van der Waals surface area contributed by atoms with Crippen molar-refractivity contribution in [2.45, 2.75) is 25.3 Å². The minimum Gasteiger partial charge on any atom is -0.480 e. The van der Waals surface area contributed by atoms with Crippen LogP contribution in [0.2, 0.25) is 0 Å². The van der Waals surface area contributed by atoms with E-state index in [9.17, 15) is 14.7 Å². The fourth-order valence-corrected chi connectivity index (χ4v) is 3.26. The van der Waals surface area contributed by atoms with Gasteiger partial charge in [-0.15, -0.1) is 6.58 Å². The lowest BCUT2D eigenvalue weighted by molar-refractivity contribution is -0.149. The van der Waals surface area contributed by atoms with Crippen LogP contribution >= 0.6 is 0 Å². The number of carbonyl (C=O) groups excluding carboxylic acids is 1. The standard InChI is InChI=1S/C13H20N2O3/c1-2-6-14-7-11(16)15-8-9-4-3-5-10(9)12(15)13(17)18/h2,9-10,12,14H,1,3-8H2,(H,17,18). The van der Waals surface area contributed by atoms with Gasteiger partial charge >= 0.3 is 5.97 Å². The largest absolute Gasteiger partial charge is 0.480 e. The minimum atomic E-state index is -0.860. The van der Waals surface area contributed by atoms with Gasteiger partial charge in [-0.25, -0.2) is 4.79 Å². The van der Waals surface area contributed by atoms with Gasteiger partial charge in [0.15, 0.2) is 0 Å². The highest BCUT2D eigenvalue weighted by Crippen LogP contribution is 2.42. The lowest BCUT2D eigenvalue weighted by Gasteiger charge is -2.24. The first-order chi connectivity index (χ1) is 8.65. The average molecular weight is 252 g/mol. The Morgan fingerprint density at radius 2 is 2.22 bits per heavy atom. The Balaban J connectivity index is 2.00. The van der Waals surface area contributed by atoms with Crippen molar-refractivity contribution in [1.82, 2.24) is 10.2 Å². The summed E-state index contributed by atoms with van der Waals surface area (Å²) in [6.45, 7) is 4.92. The molecule has 0 aromatic carbocycles. The Morgan fingerprint density at radius 3 is 2.89 bits per heavy atom. The minimum absolute atomic E-state index is 0.112. The van der Waals surface area contributed by atoms with Gasteiger partial charge in [-0.2, -0.15) is 0 Å². The molecule has 3 atom stereocenters. The number of nitrogens with one attached hydrogen (secondary N) is 1. The van der Waals surface area contributed by atoms with Gasteiger partial charge in [0, 0.05) is 13.1 Å². The van der Waals surface area contributed by atoms with E-state index in [0.29, 0.717) is 19.0 Å². The average Bonchev–Trinajstić information content (AvgIpc) is 2.87. The van der Waals surface area contributed by atoms with Crippen LogP contribution in [0.1, 0.15) is 19.3 Å². The number of carbonyl (C=O) groups is 2. The van der Waals surface area contributed by atoms with Crippen LogP contribution < -0.4 is 5.32 Å². The highest BCUT2D eigenvalue weighted by atomic mass is 16.4. The van der Waals surface area contributed by atoms with Crippen LogP contribution in [0, 0.1) is 11.8 Å². The monoisotopic (exact) mass is 252 g/mol. The second-order valence-corrected chi connectivity index (χ2v) is 5.10. The van der Waals surface area contributed by atoms with Crippen LogP contribution in [-0.4, -0.2) is 47.6 Å². The molecule has 0 bridgehead atoms. The fourth-order valence-electron chi connectivity index (χ4n) is 3.26. The van der Waals surface area contributed by atoms with E-state index in [1.807, 2.05) is 0 Å². The van der Waals surface area contributed by atoms with Crippen molar-refractivity contribution in [3.8, 4) is 0 Å². The second kappa shape index (κ2) is 5.52. The molecular weight excluding hydrogens is 232 g/mol. The summed E-state index contributed by atoms with van der Waals surface area (Å²) in [5.74, 6) is -0.430. The summed E-state index contributed by atoms with van der Waals surface area (Å²) in [4.78, 5) is 24.9. The zero-order chi connectivity index (χ0) is 13.1. The molecule has 1 saturated heterocycles. The first-order valence-electron chi connectivity index (χ1n) is 6.49. The van der Waals surface area contributed by atoms with Gasteiger partial charge in [-0.1, -0.05) is 12.5 Å². The highest BCUT2D eigenvalue weighted by molar-refractivity contribution is 5.85. The third kappa shape index (κ3) is 2.41. The van der Waals surface area contributed by atoms with E-state index < -0.39 is 12.0 Å². The highest BCUT2D eigenvalue weighted by Gasteiger charge is 2.49. The molecule has 1 heterocycles. The predicted molar refractivity (Wildman–Crippen MR) is 67.0 cm³/mol. The van der Waals surface area contributed by atoms with E-state index in [1.165, 1.54) is 0 Å². The molecule has 1 aliphatic carbocycles. The SMILES string of the molecule is C=CCNCC(=O)N1CC2CCCC2C1C(=O)O. The number of carboxylic acid groups (broad SMARTS) is 1. The van der Waals surface area contributed by atoms with Crippen molar-refractivity contribution in [2.75, 3.05) is 19.6 Å². The van der Waals surface area contributed by atoms with Crippen LogP contribution in [0.15, 0.2) is 12.7 Å².